The summed E-state index contributed by atoms with van der Waals surface area (Å²) >= 11 is 0. The topological polar surface area (TPSA) is 61.4 Å². The lowest BCUT2D eigenvalue weighted by atomic mass is 10.0. The molecule has 2 aromatic rings. The van der Waals surface area contributed by atoms with Gasteiger partial charge in [-0.05, 0) is 37.0 Å². The molecule has 1 saturated heterocycles. The molecular weight excluding hydrogens is 350 g/mol. The third-order valence-electron chi connectivity index (χ3n) is 5.33. The largest absolute Gasteiger partial charge is 0.353 e. The molecule has 0 spiro atoms. The van der Waals surface area contributed by atoms with E-state index in [2.05, 4.69) is 45.9 Å². The zero-order valence-electron chi connectivity index (χ0n) is 16.7. The van der Waals surface area contributed by atoms with Crippen LogP contribution in [-0.2, 0) is 22.6 Å². The van der Waals surface area contributed by atoms with Crippen molar-refractivity contribution in [1.82, 2.24) is 15.5 Å². The molecule has 1 heterocycles. The van der Waals surface area contributed by atoms with Gasteiger partial charge in [-0.15, -0.1) is 0 Å². The van der Waals surface area contributed by atoms with Crippen molar-refractivity contribution in [2.24, 2.45) is 0 Å². The lowest BCUT2D eigenvalue weighted by Crippen LogP contribution is -2.56. The van der Waals surface area contributed by atoms with Crippen LogP contribution in [0.2, 0.25) is 0 Å². The van der Waals surface area contributed by atoms with E-state index < -0.39 is 6.04 Å². The molecule has 1 aliphatic heterocycles. The summed E-state index contributed by atoms with van der Waals surface area (Å²) in [5.41, 5.74) is 4.69. The summed E-state index contributed by atoms with van der Waals surface area (Å²) in [5, 5.41) is 5.88. The normalized spacial score (nSPS) is 17.2. The fourth-order valence-electron chi connectivity index (χ4n) is 3.60. The molecular formula is C23H29N3O2. The van der Waals surface area contributed by atoms with E-state index in [1.54, 1.807) is 0 Å². The molecule has 28 heavy (non-hydrogen) atoms. The Morgan fingerprint density at radius 2 is 1.96 bits per heavy atom. The van der Waals surface area contributed by atoms with Gasteiger partial charge >= 0.3 is 0 Å². The number of nitrogens with one attached hydrogen (secondary N) is 2. The molecule has 1 fully saturated rings. The number of rotatable bonds is 7. The van der Waals surface area contributed by atoms with Crippen molar-refractivity contribution in [3.63, 3.8) is 0 Å². The van der Waals surface area contributed by atoms with E-state index in [1.165, 1.54) is 11.1 Å². The molecule has 2 N–H and O–H groups in total. The predicted octanol–water partition coefficient (Wildman–Crippen LogP) is 2.35. The van der Waals surface area contributed by atoms with Crippen molar-refractivity contribution in [2.75, 3.05) is 19.6 Å². The van der Waals surface area contributed by atoms with Crippen LogP contribution in [0.3, 0.4) is 0 Å². The molecule has 0 radical (unpaired) electrons. The number of piperazine rings is 1. The molecule has 1 unspecified atom stereocenters. The molecule has 148 valence electrons. The summed E-state index contributed by atoms with van der Waals surface area (Å²) in [4.78, 5) is 27.0. The van der Waals surface area contributed by atoms with Gasteiger partial charge in [-0.3, -0.25) is 14.5 Å². The second-order valence-electron chi connectivity index (χ2n) is 7.49. The number of amides is 2. The Labute approximate surface area is 167 Å². The van der Waals surface area contributed by atoms with E-state index in [0.717, 1.165) is 30.6 Å². The molecule has 5 nitrogen and oxygen atoms in total. The molecule has 2 aromatic carbocycles. The zero-order valence-corrected chi connectivity index (χ0v) is 16.7. The summed E-state index contributed by atoms with van der Waals surface area (Å²) in [6.45, 7) is 6.75. The number of carbonyl (C=O) groups excluding carboxylic acids is 2. The van der Waals surface area contributed by atoms with E-state index in [1.807, 2.05) is 32.0 Å². The van der Waals surface area contributed by atoms with Gasteiger partial charge in [0.05, 0.1) is 12.5 Å². The van der Waals surface area contributed by atoms with E-state index in [-0.39, 0.29) is 18.2 Å². The smallest absolute Gasteiger partial charge is 0.237 e. The van der Waals surface area contributed by atoms with Crippen LogP contribution in [0.5, 0.6) is 0 Å². The average Bonchev–Trinajstić information content (AvgIpc) is 2.70. The third-order valence-corrected chi connectivity index (χ3v) is 5.33. The van der Waals surface area contributed by atoms with Crippen LogP contribution in [0, 0.1) is 13.8 Å². The lowest BCUT2D eigenvalue weighted by molar-refractivity contribution is -0.134. The first-order valence-electron chi connectivity index (χ1n) is 9.91. The van der Waals surface area contributed by atoms with Gasteiger partial charge in [0.15, 0.2) is 0 Å². The number of aryl methyl sites for hydroxylation is 2. The Kier molecular flexibility index (Phi) is 6.82. The summed E-state index contributed by atoms with van der Waals surface area (Å²) in [6.07, 6.45) is 1.06. The van der Waals surface area contributed by atoms with Gasteiger partial charge in [0.2, 0.25) is 11.8 Å². The van der Waals surface area contributed by atoms with E-state index in [0.29, 0.717) is 13.1 Å². The number of carbonyl (C=O) groups is 2. The number of nitrogens with zero attached hydrogens (tertiary/aromatic N) is 1. The van der Waals surface area contributed by atoms with Gasteiger partial charge < -0.3 is 10.6 Å². The van der Waals surface area contributed by atoms with Crippen LogP contribution in [0.15, 0.2) is 48.5 Å². The standard InChI is InChI=1S/C23H29N3O2/c1-17-8-9-18(2)20(14-17)16-25-22(27)15-21-23(28)24-11-13-26(21)12-10-19-6-4-3-5-7-19/h3-9,14,21H,10-13,15-16H2,1-2H3,(H,24,28)(H,25,27). The average molecular weight is 380 g/mol. The molecule has 0 bridgehead atoms. The minimum absolute atomic E-state index is 0.0544. The maximum absolute atomic E-state index is 12.5. The highest BCUT2D eigenvalue weighted by molar-refractivity contribution is 5.88. The first-order valence-corrected chi connectivity index (χ1v) is 9.91. The Balaban J connectivity index is 1.56. The fourth-order valence-corrected chi connectivity index (χ4v) is 3.60. The second kappa shape index (κ2) is 9.51. The summed E-state index contributed by atoms with van der Waals surface area (Å²) in [6, 6.07) is 16.1. The first-order chi connectivity index (χ1) is 13.5. The Morgan fingerprint density at radius 1 is 1.18 bits per heavy atom. The Hall–Kier alpha value is -2.66. The first kappa shape index (κ1) is 20.1. The minimum Gasteiger partial charge on any atom is -0.353 e. The monoisotopic (exact) mass is 379 g/mol. The number of benzene rings is 2. The summed E-state index contributed by atoms with van der Waals surface area (Å²) < 4.78 is 0. The molecule has 0 aromatic heterocycles. The van der Waals surface area contributed by atoms with Crippen LogP contribution in [-0.4, -0.2) is 42.4 Å². The van der Waals surface area contributed by atoms with E-state index in [9.17, 15) is 9.59 Å². The SMILES string of the molecule is Cc1ccc(C)c(CNC(=O)CC2C(=O)NCCN2CCc2ccccc2)c1. The van der Waals surface area contributed by atoms with Gasteiger partial charge in [-0.1, -0.05) is 54.1 Å². The van der Waals surface area contributed by atoms with Crippen LogP contribution in [0.25, 0.3) is 0 Å². The van der Waals surface area contributed by atoms with Gasteiger partial charge in [0.1, 0.15) is 0 Å². The van der Waals surface area contributed by atoms with Gasteiger partial charge in [0.25, 0.3) is 0 Å². The van der Waals surface area contributed by atoms with E-state index >= 15 is 0 Å². The number of hydrogen-bond donors (Lipinski definition) is 2. The van der Waals surface area contributed by atoms with Crippen LogP contribution < -0.4 is 10.6 Å². The quantitative estimate of drug-likeness (QED) is 0.776. The molecule has 0 saturated carbocycles. The van der Waals surface area contributed by atoms with Crippen molar-refractivity contribution in [2.45, 2.75) is 39.3 Å². The minimum atomic E-state index is -0.406. The van der Waals surface area contributed by atoms with Crippen molar-refractivity contribution in [1.29, 1.82) is 0 Å². The molecule has 0 aliphatic carbocycles. The van der Waals surface area contributed by atoms with Crippen LogP contribution in [0.4, 0.5) is 0 Å². The van der Waals surface area contributed by atoms with Crippen molar-refractivity contribution in [3.8, 4) is 0 Å². The van der Waals surface area contributed by atoms with Gasteiger partial charge in [-0.2, -0.15) is 0 Å². The predicted molar refractivity (Wildman–Crippen MR) is 111 cm³/mol. The fraction of sp³-hybridized carbons (Fsp3) is 0.391. The molecule has 2 amide bonds. The highest BCUT2D eigenvalue weighted by Gasteiger charge is 2.31. The number of hydrogen-bond acceptors (Lipinski definition) is 3. The van der Waals surface area contributed by atoms with Crippen LogP contribution >= 0.6 is 0 Å². The van der Waals surface area contributed by atoms with Crippen molar-refractivity contribution >= 4 is 11.8 Å². The second-order valence-corrected chi connectivity index (χ2v) is 7.49. The molecule has 5 heteroatoms. The molecule has 1 atom stereocenters. The van der Waals surface area contributed by atoms with Crippen molar-refractivity contribution < 1.29 is 9.59 Å². The van der Waals surface area contributed by atoms with Crippen LogP contribution in [0.1, 0.15) is 28.7 Å². The third kappa shape index (κ3) is 5.42. The maximum Gasteiger partial charge on any atom is 0.237 e. The highest BCUT2D eigenvalue weighted by atomic mass is 16.2. The van der Waals surface area contributed by atoms with Gasteiger partial charge in [-0.25, -0.2) is 0 Å². The highest BCUT2D eigenvalue weighted by Crippen LogP contribution is 2.13. The maximum atomic E-state index is 12.5. The summed E-state index contributed by atoms with van der Waals surface area (Å²) in [5.74, 6) is -0.145. The Morgan fingerprint density at radius 3 is 2.75 bits per heavy atom. The lowest BCUT2D eigenvalue weighted by Gasteiger charge is -2.34. The van der Waals surface area contributed by atoms with Crippen molar-refractivity contribution in [3.05, 3.63) is 70.8 Å². The zero-order chi connectivity index (χ0) is 19.9. The molecule has 1 aliphatic rings. The molecule has 3 rings (SSSR count). The summed E-state index contributed by atoms with van der Waals surface area (Å²) in [7, 11) is 0. The Bertz CT molecular complexity index is 820. The van der Waals surface area contributed by atoms with Gasteiger partial charge in [0, 0.05) is 26.2 Å². The van der Waals surface area contributed by atoms with E-state index in [4.69, 9.17) is 0 Å².